The van der Waals surface area contributed by atoms with E-state index in [2.05, 4.69) is 20.1 Å². The lowest BCUT2D eigenvalue weighted by Gasteiger charge is -2.21. The van der Waals surface area contributed by atoms with Gasteiger partial charge in [-0.15, -0.1) is 0 Å². The maximum Gasteiger partial charge on any atom is 0.283 e. The highest BCUT2D eigenvalue weighted by Crippen LogP contribution is 2.34. The predicted molar refractivity (Wildman–Crippen MR) is 101 cm³/mol. The van der Waals surface area contributed by atoms with E-state index >= 15 is 0 Å². The molecule has 8 nitrogen and oxygen atoms in total. The Balaban J connectivity index is 1.71. The molecule has 1 N–H and O–H groups in total. The molecule has 1 atom stereocenters. The lowest BCUT2D eigenvalue weighted by atomic mass is 9.81. The van der Waals surface area contributed by atoms with Crippen molar-refractivity contribution in [3.05, 3.63) is 69.3 Å². The second kappa shape index (κ2) is 5.98. The number of hydrogen-bond donors (Lipinski definition) is 1. The number of H-pyrrole nitrogens is 1. The number of fused-ring (bicyclic) bond motifs is 3. The van der Waals surface area contributed by atoms with Crippen LogP contribution in [0.15, 0.2) is 39.9 Å². The van der Waals surface area contributed by atoms with Crippen molar-refractivity contribution < 1.29 is 9.21 Å². The van der Waals surface area contributed by atoms with E-state index in [-0.39, 0.29) is 23.2 Å². The van der Waals surface area contributed by atoms with Crippen molar-refractivity contribution in [2.24, 2.45) is 0 Å². The number of aryl methyl sites for hydroxylation is 2. The Morgan fingerprint density at radius 2 is 1.96 bits per heavy atom. The van der Waals surface area contributed by atoms with Crippen molar-refractivity contribution in [3.8, 4) is 5.95 Å². The molecule has 5 rings (SSSR count). The van der Waals surface area contributed by atoms with Crippen LogP contribution in [0.3, 0.4) is 0 Å². The number of carbonyl (C=O) groups is 1. The van der Waals surface area contributed by atoms with Gasteiger partial charge in [0.15, 0.2) is 11.4 Å². The largest absolute Gasteiger partial charge is 0.469 e. The highest BCUT2D eigenvalue weighted by molar-refractivity contribution is 6.02. The topological polar surface area (TPSA) is 107 Å². The average Bonchev–Trinajstić information content (AvgIpc) is 3.29. The number of furan rings is 1. The van der Waals surface area contributed by atoms with Gasteiger partial charge >= 0.3 is 0 Å². The number of carbonyl (C=O) groups excluding carboxylic acids is 1. The zero-order valence-electron chi connectivity index (χ0n) is 15.4. The van der Waals surface area contributed by atoms with Crippen LogP contribution in [0.25, 0.3) is 17.0 Å². The number of ketones is 1. The van der Waals surface area contributed by atoms with Crippen molar-refractivity contribution in [2.45, 2.75) is 32.6 Å². The maximum absolute atomic E-state index is 13.2. The average molecular weight is 375 g/mol. The standard InChI is InChI=1S/C20H17N5O3/c1-10-6-11(2)23-20(22-10)25-19(27)17-13-7-12(16-4-3-5-28-16)8-15(26)14(13)9-21-18(17)24-25/h3-6,9,12H,7-8H2,1-2H3,(H,21,24)/t12-/m1/s1. The minimum atomic E-state index is -0.308. The van der Waals surface area contributed by atoms with Crippen molar-refractivity contribution >= 4 is 16.8 Å². The normalized spacial score (nSPS) is 16.5. The Hall–Kier alpha value is -3.55. The molecule has 0 aromatic carbocycles. The Morgan fingerprint density at radius 1 is 1.18 bits per heavy atom. The van der Waals surface area contributed by atoms with Crippen molar-refractivity contribution in [2.75, 3.05) is 0 Å². The van der Waals surface area contributed by atoms with E-state index in [1.165, 1.54) is 4.68 Å². The zero-order valence-corrected chi connectivity index (χ0v) is 15.4. The fourth-order valence-corrected chi connectivity index (χ4v) is 3.91. The molecule has 140 valence electrons. The van der Waals surface area contributed by atoms with Crippen LogP contribution in [-0.4, -0.2) is 30.5 Å². The summed E-state index contributed by atoms with van der Waals surface area (Å²) in [6.07, 6.45) is 4.01. The Labute approximate surface area is 159 Å². The number of hydrogen-bond acceptors (Lipinski definition) is 6. The van der Waals surface area contributed by atoms with Gasteiger partial charge in [-0.3, -0.25) is 14.7 Å². The number of nitrogens with one attached hydrogen (secondary N) is 1. The molecule has 4 aromatic rings. The maximum atomic E-state index is 13.2. The van der Waals surface area contributed by atoms with E-state index in [1.807, 2.05) is 26.0 Å². The van der Waals surface area contributed by atoms with E-state index in [0.29, 0.717) is 35.0 Å². The number of pyridine rings is 1. The molecular formula is C20H17N5O3. The number of nitrogens with zero attached hydrogens (tertiary/aromatic N) is 4. The SMILES string of the molecule is Cc1cc(C)nc(-n2[nH]c3ncc4c(c3c2=O)C[C@@H](c2ccco2)CC4=O)n1. The molecule has 0 saturated carbocycles. The van der Waals surface area contributed by atoms with Crippen LogP contribution in [-0.2, 0) is 6.42 Å². The molecular weight excluding hydrogens is 358 g/mol. The summed E-state index contributed by atoms with van der Waals surface area (Å²) in [5.74, 6) is 0.879. The quantitative estimate of drug-likeness (QED) is 0.577. The summed E-state index contributed by atoms with van der Waals surface area (Å²) >= 11 is 0. The molecule has 8 heteroatoms. The summed E-state index contributed by atoms with van der Waals surface area (Å²) in [5.41, 5.74) is 2.83. The number of aromatic amines is 1. The number of Topliss-reactive ketones (excluding diaryl/α,β-unsaturated/α-hetero) is 1. The molecule has 4 aromatic heterocycles. The molecule has 0 aliphatic heterocycles. The fourth-order valence-electron chi connectivity index (χ4n) is 3.91. The molecule has 1 aliphatic rings. The van der Waals surface area contributed by atoms with Crippen LogP contribution in [0.1, 0.15) is 45.4 Å². The second-order valence-electron chi connectivity index (χ2n) is 7.12. The molecule has 0 fully saturated rings. The van der Waals surface area contributed by atoms with Crippen LogP contribution in [0.4, 0.5) is 0 Å². The van der Waals surface area contributed by atoms with E-state index in [1.54, 1.807) is 18.5 Å². The molecule has 28 heavy (non-hydrogen) atoms. The molecule has 4 heterocycles. The Bertz CT molecular complexity index is 1260. The third kappa shape index (κ3) is 2.49. The van der Waals surface area contributed by atoms with E-state index in [4.69, 9.17) is 4.42 Å². The summed E-state index contributed by atoms with van der Waals surface area (Å²) in [7, 11) is 0. The number of aromatic nitrogens is 5. The predicted octanol–water partition coefficient (Wildman–Crippen LogP) is 2.63. The van der Waals surface area contributed by atoms with E-state index < -0.39 is 0 Å². The molecule has 0 spiro atoms. The molecule has 0 bridgehead atoms. The first-order valence-electron chi connectivity index (χ1n) is 9.03. The smallest absolute Gasteiger partial charge is 0.283 e. The summed E-state index contributed by atoms with van der Waals surface area (Å²) in [6, 6.07) is 5.50. The van der Waals surface area contributed by atoms with Crippen LogP contribution >= 0.6 is 0 Å². The molecule has 0 unspecified atom stereocenters. The third-order valence-electron chi connectivity index (χ3n) is 5.12. The summed E-state index contributed by atoms with van der Waals surface area (Å²) in [6.45, 7) is 3.69. The van der Waals surface area contributed by atoms with Gasteiger partial charge in [0.1, 0.15) is 5.76 Å². The summed E-state index contributed by atoms with van der Waals surface area (Å²) < 4.78 is 6.79. The lowest BCUT2D eigenvalue weighted by Crippen LogP contribution is -2.22. The Morgan fingerprint density at radius 3 is 2.68 bits per heavy atom. The molecule has 0 amide bonds. The number of rotatable bonds is 2. The van der Waals surface area contributed by atoms with Gasteiger partial charge in [0.05, 0.1) is 11.6 Å². The first-order valence-corrected chi connectivity index (χ1v) is 9.03. The lowest BCUT2D eigenvalue weighted by molar-refractivity contribution is 0.0960. The van der Waals surface area contributed by atoms with Gasteiger partial charge in [-0.25, -0.2) is 15.0 Å². The van der Waals surface area contributed by atoms with E-state index in [9.17, 15) is 9.59 Å². The van der Waals surface area contributed by atoms with Gasteiger partial charge in [0.2, 0.25) is 0 Å². The minimum absolute atomic E-state index is 0.0353. The van der Waals surface area contributed by atoms with Gasteiger partial charge < -0.3 is 4.42 Å². The van der Waals surface area contributed by atoms with Crippen LogP contribution in [0.5, 0.6) is 0 Å². The highest BCUT2D eigenvalue weighted by atomic mass is 16.3. The molecule has 0 radical (unpaired) electrons. The van der Waals surface area contributed by atoms with Gasteiger partial charge in [-0.2, -0.15) is 4.68 Å². The second-order valence-corrected chi connectivity index (χ2v) is 7.12. The van der Waals surface area contributed by atoms with Gasteiger partial charge in [0.25, 0.3) is 11.5 Å². The fraction of sp³-hybridized carbons (Fsp3) is 0.250. The first kappa shape index (κ1) is 16.6. The Kier molecular flexibility index (Phi) is 3.55. The van der Waals surface area contributed by atoms with Crippen molar-refractivity contribution in [1.29, 1.82) is 0 Å². The first-order chi connectivity index (χ1) is 13.5. The van der Waals surface area contributed by atoms with Gasteiger partial charge in [-0.05, 0) is 44.0 Å². The zero-order chi connectivity index (χ0) is 19.4. The molecule has 1 aliphatic carbocycles. The van der Waals surface area contributed by atoms with Crippen LogP contribution in [0, 0.1) is 13.8 Å². The monoisotopic (exact) mass is 375 g/mol. The van der Waals surface area contributed by atoms with Crippen LogP contribution < -0.4 is 5.56 Å². The summed E-state index contributed by atoms with van der Waals surface area (Å²) in [4.78, 5) is 38.9. The summed E-state index contributed by atoms with van der Waals surface area (Å²) in [5, 5.41) is 3.39. The highest BCUT2D eigenvalue weighted by Gasteiger charge is 2.31. The molecule has 0 saturated heterocycles. The van der Waals surface area contributed by atoms with Gasteiger partial charge in [0, 0.05) is 35.5 Å². The minimum Gasteiger partial charge on any atom is -0.469 e. The van der Waals surface area contributed by atoms with Crippen LogP contribution in [0.2, 0.25) is 0 Å². The van der Waals surface area contributed by atoms with E-state index in [0.717, 1.165) is 17.1 Å². The van der Waals surface area contributed by atoms with Crippen molar-refractivity contribution in [3.63, 3.8) is 0 Å². The van der Waals surface area contributed by atoms with Gasteiger partial charge in [-0.1, -0.05) is 0 Å². The third-order valence-corrected chi connectivity index (χ3v) is 5.12. The van der Waals surface area contributed by atoms with Crippen molar-refractivity contribution in [1.82, 2.24) is 24.7 Å².